The molecule has 0 unspecified atom stereocenters. The maximum Gasteiger partial charge on any atom is 0.265 e. The largest absolute Gasteiger partial charge is 0.393 e. The number of carbonyl (C=O) groups excluding carboxylic acids is 1. The third-order valence-electron chi connectivity index (χ3n) is 2.82. The van der Waals surface area contributed by atoms with Gasteiger partial charge < -0.3 is 11.1 Å². The molecule has 20 heavy (non-hydrogen) atoms. The number of nitrogens with two attached hydrogens (primary N) is 1. The van der Waals surface area contributed by atoms with Crippen LogP contribution in [0.1, 0.15) is 27.0 Å². The van der Waals surface area contributed by atoms with Crippen molar-refractivity contribution in [1.82, 2.24) is 0 Å². The molecule has 0 saturated heterocycles. The van der Waals surface area contributed by atoms with Gasteiger partial charge in [0.05, 0.1) is 9.87 Å². The molecule has 1 aromatic heterocycles. The van der Waals surface area contributed by atoms with Crippen molar-refractivity contribution >= 4 is 40.1 Å². The van der Waals surface area contributed by atoms with E-state index >= 15 is 0 Å². The lowest BCUT2D eigenvalue weighted by molar-refractivity contribution is 0.103. The molecule has 104 valence electrons. The van der Waals surface area contributed by atoms with Gasteiger partial charge >= 0.3 is 0 Å². The van der Waals surface area contributed by atoms with E-state index in [2.05, 4.69) is 12.2 Å². The van der Waals surface area contributed by atoms with Crippen LogP contribution in [0.25, 0.3) is 0 Å². The van der Waals surface area contributed by atoms with Gasteiger partial charge in [0, 0.05) is 17.0 Å². The molecule has 5 heteroatoms. The summed E-state index contributed by atoms with van der Waals surface area (Å²) in [4.78, 5) is 14.5. The third kappa shape index (κ3) is 3.88. The molecule has 0 radical (unpaired) electrons. The lowest BCUT2D eigenvalue weighted by Gasteiger charge is -2.05. The van der Waals surface area contributed by atoms with Gasteiger partial charge in [-0.05, 0) is 36.2 Å². The maximum atomic E-state index is 12.1. The van der Waals surface area contributed by atoms with Crippen molar-refractivity contribution in [3.05, 3.63) is 51.7 Å². The zero-order valence-electron chi connectivity index (χ0n) is 11.2. The number of rotatable bonds is 5. The minimum atomic E-state index is -0.0724. The molecule has 3 N–H and O–H groups in total. The maximum absolute atomic E-state index is 12.1. The number of amides is 1. The van der Waals surface area contributed by atoms with Crippen molar-refractivity contribution in [3.63, 3.8) is 0 Å². The number of carbonyl (C=O) groups is 1. The highest BCUT2D eigenvalue weighted by Gasteiger charge is 2.09. The lowest BCUT2D eigenvalue weighted by atomic mass is 10.1. The highest BCUT2D eigenvalue weighted by atomic mass is 32.1. The summed E-state index contributed by atoms with van der Waals surface area (Å²) in [5.41, 5.74) is 7.31. The van der Waals surface area contributed by atoms with E-state index in [0.717, 1.165) is 22.5 Å². The van der Waals surface area contributed by atoms with Gasteiger partial charge in [-0.3, -0.25) is 4.79 Å². The van der Waals surface area contributed by atoms with Crippen LogP contribution in [0.3, 0.4) is 0 Å². The van der Waals surface area contributed by atoms with Crippen LogP contribution in [-0.2, 0) is 12.8 Å². The van der Waals surface area contributed by atoms with Crippen LogP contribution in [0.4, 0.5) is 5.69 Å². The van der Waals surface area contributed by atoms with E-state index in [1.54, 1.807) is 0 Å². The van der Waals surface area contributed by atoms with Crippen LogP contribution >= 0.6 is 23.6 Å². The molecule has 0 spiro atoms. The molecule has 0 aliphatic heterocycles. The van der Waals surface area contributed by atoms with Crippen LogP contribution in [0.5, 0.6) is 0 Å². The summed E-state index contributed by atoms with van der Waals surface area (Å²) in [5, 5.41) is 2.88. The monoisotopic (exact) mass is 304 g/mol. The Labute approximate surface area is 127 Å². The first-order valence-electron chi connectivity index (χ1n) is 6.35. The Morgan fingerprint density at radius 3 is 2.50 bits per heavy atom. The molecule has 0 aliphatic rings. The van der Waals surface area contributed by atoms with Gasteiger partial charge in [0.25, 0.3) is 5.91 Å². The summed E-state index contributed by atoms with van der Waals surface area (Å²) in [6.07, 6.45) is 1.53. The summed E-state index contributed by atoms with van der Waals surface area (Å²) in [6, 6.07) is 11.4. The molecular weight excluding hydrogens is 288 g/mol. The van der Waals surface area contributed by atoms with Crippen molar-refractivity contribution in [1.29, 1.82) is 0 Å². The first kappa shape index (κ1) is 14.7. The van der Waals surface area contributed by atoms with Gasteiger partial charge in [-0.1, -0.05) is 31.3 Å². The second kappa shape index (κ2) is 6.63. The zero-order chi connectivity index (χ0) is 14.5. The number of nitrogens with one attached hydrogen (secondary N) is 1. The molecule has 0 aliphatic carbocycles. The predicted molar refractivity (Wildman–Crippen MR) is 88.6 cm³/mol. The topological polar surface area (TPSA) is 55.1 Å². The van der Waals surface area contributed by atoms with Gasteiger partial charge in [0.1, 0.15) is 0 Å². The number of benzene rings is 1. The van der Waals surface area contributed by atoms with E-state index in [1.807, 2.05) is 36.4 Å². The number of hydrogen-bond acceptors (Lipinski definition) is 3. The van der Waals surface area contributed by atoms with Crippen LogP contribution in [0, 0.1) is 0 Å². The summed E-state index contributed by atoms with van der Waals surface area (Å²) in [5.74, 6) is -0.0724. The summed E-state index contributed by atoms with van der Waals surface area (Å²) in [6.45, 7) is 2.08. The Morgan fingerprint density at radius 1 is 1.25 bits per heavy atom. The quantitative estimate of drug-likeness (QED) is 0.833. The Balaban J connectivity index is 2.02. The average molecular weight is 304 g/mol. The number of aryl methyl sites for hydroxylation is 1. The van der Waals surface area contributed by atoms with Crippen LogP contribution in [0.15, 0.2) is 36.4 Å². The van der Waals surface area contributed by atoms with E-state index < -0.39 is 0 Å². The van der Waals surface area contributed by atoms with Gasteiger partial charge in [0.2, 0.25) is 0 Å². The van der Waals surface area contributed by atoms with Crippen LogP contribution in [0.2, 0.25) is 0 Å². The molecule has 1 amide bonds. The van der Waals surface area contributed by atoms with Crippen molar-refractivity contribution in [3.8, 4) is 0 Å². The molecule has 0 bridgehead atoms. The number of thiocarbonyl (C=S) groups is 1. The molecule has 1 heterocycles. The fraction of sp³-hybridized carbons (Fsp3) is 0.200. The highest BCUT2D eigenvalue weighted by molar-refractivity contribution is 7.80. The number of thiophene rings is 1. The normalized spacial score (nSPS) is 10.2. The summed E-state index contributed by atoms with van der Waals surface area (Å²) < 4.78 is 0. The Kier molecular flexibility index (Phi) is 4.87. The van der Waals surface area contributed by atoms with E-state index in [1.165, 1.54) is 16.2 Å². The molecule has 0 fully saturated rings. The fourth-order valence-electron chi connectivity index (χ4n) is 1.79. The summed E-state index contributed by atoms with van der Waals surface area (Å²) >= 11 is 6.39. The fourth-order valence-corrected chi connectivity index (χ4v) is 2.80. The molecule has 0 atom stereocenters. The number of anilines is 1. The van der Waals surface area contributed by atoms with E-state index in [9.17, 15) is 4.79 Å². The van der Waals surface area contributed by atoms with E-state index in [4.69, 9.17) is 18.0 Å². The van der Waals surface area contributed by atoms with E-state index in [-0.39, 0.29) is 5.91 Å². The zero-order valence-corrected chi connectivity index (χ0v) is 12.8. The first-order valence-corrected chi connectivity index (χ1v) is 7.58. The third-order valence-corrected chi connectivity index (χ3v) is 4.20. The average Bonchev–Trinajstić information content (AvgIpc) is 2.89. The van der Waals surface area contributed by atoms with Crippen molar-refractivity contribution in [2.24, 2.45) is 5.73 Å². The van der Waals surface area contributed by atoms with Crippen molar-refractivity contribution < 1.29 is 4.79 Å². The SMILES string of the molecule is CCc1ccc(C(=O)Nc2ccc(CC(N)=S)cc2)s1. The minimum Gasteiger partial charge on any atom is -0.393 e. The smallest absolute Gasteiger partial charge is 0.265 e. The van der Waals surface area contributed by atoms with Crippen molar-refractivity contribution in [2.45, 2.75) is 19.8 Å². The minimum absolute atomic E-state index is 0.0724. The molecule has 0 saturated carbocycles. The number of hydrogen-bond donors (Lipinski definition) is 2. The highest BCUT2D eigenvalue weighted by Crippen LogP contribution is 2.19. The molecule has 3 nitrogen and oxygen atoms in total. The van der Waals surface area contributed by atoms with E-state index in [0.29, 0.717) is 11.4 Å². The molecular formula is C15H16N2OS2. The lowest BCUT2D eigenvalue weighted by Crippen LogP contribution is -2.12. The Bertz CT molecular complexity index is 617. The molecule has 2 aromatic rings. The second-order valence-corrected chi connectivity index (χ2v) is 6.11. The van der Waals surface area contributed by atoms with Gasteiger partial charge in [-0.15, -0.1) is 11.3 Å². The molecule has 1 aromatic carbocycles. The summed E-state index contributed by atoms with van der Waals surface area (Å²) in [7, 11) is 0. The Hall–Kier alpha value is -1.72. The predicted octanol–water partition coefficient (Wildman–Crippen LogP) is 3.39. The van der Waals surface area contributed by atoms with Crippen LogP contribution < -0.4 is 11.1 Å². The van der Waals surface area contributed by atoms with Crippen molar-refractivity contribution in [2.75, 3.05) is 5.32 Å². The van der Waals surface area contributed by atoms with Crippen LogP contribution in [-0.4, -0.2) is 10.9 Å². The van der Waals surface area contributed by atoms with Gasteiger partial charge in [0.15, 0.2) is 0 Å². The van der Waals surface area contributed by atoms with Gasteiger partial charge in [-0.25, -0.2) is 0 Å². The first-order chi connectivity index (χ1) is 9.58. The standard InChI is InChI=1S/C15H16N2OS2/c1-2-12-7-8-13(20-12)15(18)17-11-5-3-10(4-6-11)9-14(16)19/h3-8H,2,9H2,1H3,(H2,16,19)(H,17,18). The molecule has 2 rings (SSSR count). The Morgan fingerprint density at radius 2 is 1.95 bits per heavy atom. The second-order valence-electron chi connectivity index (χ2n) is 4.41. The van der Waals surface area contributed by atoms with Gasteiger partial charge in [-0.2, -0.15) is 0 Å².